The van der Waals surface area contributed by atoms with Gasteiger partial charge >= 0.3 is 12.1 Å². The van der Waals surface area contributed by atoms with Crippen LogP contribution in [0.3, 0.4) is 0 Å². The largest absolute Gasteiger partial charge is 0.463 e. The number of esters is 1. The molecule has 11 heteroatoms. The van der Waals surface area contributed by atoms with Crippen molar-refractivity contribution in [1.29, 1.82) is 0 Å². The van der Waals surface area contributed by atoms with Crippen molar-refractivity contribution < 1.29 is 27.6 Å². The van der Waals surface area contributed by atoms with E-state index in [4.69, 9.17) is 10.5 Å². The lowest BCUT2D eigenvalue weighted by atomic mass is 9.83. The Morgan fingerprint density at radius 2 is 2.10 bits per heavy atom. The third-order valence-electron chi connectivity index (χ3n) is 4.36. The number of ether oxygens (including phenoxy) is 1. The summed E-state index contributed by atoms with van der Waals surface area (Å²) in [4.78, 5) is 23.9. The van der Waals surface area contributed by atoms with Gasteiger partial charge in [0.1, 0.15) is 5.92 Å². The van der Waals surface area contributed by atoms with Crippen molar-refractivity contribution >= 4 is 17.7 Å². The van der Waals surface area contributed by atoms with Gasteiger partial charge in [0, 0.05) is 23.7 Å². The van der Waals surface area contributed by atoms with Gasteiger partial charge in [-0.2, -0.15) is 24.9 Å². The lowest BCUT2D eigenvalue weighted by Crippen LogP contribution is -2.33. The first-order chi connectivity index (χ1) is 14.1. The Morgan fingerprint density at radius 1 is 1.40 bits per heavy atom. The highest BCUT2D eigenvalue weighted by Gasteiger charge is 2.42. The first kappa shape index (κ1) is 23.7. The molecule has 1 aliphatic rings. The first-order valence-electron chi connectivity index (χ1n) is 9.09. The summed E-state index contributed by atoms with van der Waals surface area (Å²) < 4.78 is 44.8. The molecule has 7 nitrogen and oxygen atoms in total. The second kappa shape index (κ2) is 9.98. The fourth-order valence-electron chi connectivity index (χ4n) is 3.17. The minimum Gasteiger partial charge on any atom is -0.463 e. The van der Waals surface area contributed by atoms with E-state index >= 15 is 0 Å². The predicted octanol–water partition coefficient (Wildman–Crippen LogP) is 3.41. The van der Waals surface area contributed by atoms with Gasteiger partial charge in [-0.05, 0) is 25.5 Å². The molecule has 0 aliphatic carbocycles. The number of thioether (sulfide) groups is 1. The Bertz CT molecular complexity index is 884. The number of rotatable bonds is 8. The highest BCUT2D eigenvalue weighted by molar-refractivity contribution is 7.99. The quantitative estimate of drug-likeness (QED) is 0.273. The van der Waals surface area contributed by atoms with E-state index in [1.165, 1.54) is 30.8 Å². The Balaban J connectivity index is 2.70. The van der Waals surface area contributed by atoms with Crippen molar-refractivity contribution in [3.63, 3.8) is 0 Å². The summed E-state index contributed by atoms with van der Waals surface area (Å²) in [6.45, 7) is 3.43. The van der Waals surface area contributed by atoms with Crippen LogP contribution >= 0.6 is 11.8 Å². The van der Waals surface area contributed by atoms with Crippen molar-refractivity contribution in [1.82, 2.24) is 5.32 Å². The van der Waals surface area contributed by atoms with E-state index in [1.54, 1.807) is 6.92 Å². The third-order valence-corrected chi connectivity index (χ3v) is 5.37. The number of benzene rings is 1. The molecule has 1 unspecified atom stereocenters. The van der Waals surface area contributed by atoms with E-state index in [0.29, 0.717) is 18.0 Å². The standard InChI is InChI=1S/C19H22F3N3O4S/c1-3-29-18(26)16-14(10-30-8-7-23)24-11(2)17(25(27)28)15(16)12-5-4-6-13(9-12)19(20,21)22/h4-6,9,15,24H,3,7-8,10,23H2,1-2H3. The van der Waals surface area contributed by atoms with Crippen LogP contribution in [0.15, 0.2) is 46.9 Å². The van der Waals surface area contributed by atoms with Crippen LogP contribution in [0.4, 0.5) is 13.2 Å². The summed E-state index contributed by atoms with van der Waals surface area (Å²) in [5, 5.41) is 14.7. The van der Waals surface area contributed by atoms with Crippen LogP contribution in [0.2, 0.25) is 0 Å². The maximum atomic E-state index is 13.2. The van der Waals surface area contributed by atoms with Gasteiger partial charge in [-0.3, -0.25) is 10.1 Å². The molecule has 0 radical (unpaired) electrons. The summed E-state index contributed by atoms with van der Waals surface area (Å²) in [7, 11) is 0. The molecule has 2 rings (SSSR count). The number of hydrogen-bond acceptors (Lipinski definition) is 7. The van der Waals surface area contributed by atoms with Crippen LogP contribution in [-0.4, -0.2) is 35.5 Å². The third kappa shape index (κ3) is 5.33. The average molecular weight is 445 g/mol. The SMILES string of the molecule is CCOC(=O)C1=C(CSCCN)NC(C)=C([N+](=O)[O-])C1c1cccc(C(F)(F)F)c1. The zero-order valence-electron chi connectivity index (χ0n) is 16.4. The molecule has 164 valence electrons. The lowest BCUT2D eigenvalue weighted by Gasteiger charge is -2.28. The van der Waals surface area contributed by atoms with Gasteiger partial charge in [0.2, 0.25) is 0 Å². The summed E-state index contributed by atoms with van der Waals surface area (Å²) in [6, 6.07) is 4.21. The molecule has 1 aromatic rings. The van der Waals surface area contributed by atoms with Gasteiger partial charge < -0.3 is 15.8 Å². The normalized spacial score (nSPS) is 17.1. The molecule has 0 spiro atoms. The van der Waals surface area contributed by atoms with Gasteiger partial charge in [0.15, 0.2) is 0 Å². The summed E-state index contributed by atoms with van der Waals surface area (Å²) in [5.74, 6) is -1.29. The second-order valence-corrected chi connectivity index (χ2v) is 7.51. The topological polar surface area (TPSA) is 107 Å². The van der Waals surface area contributed by atoms with Crippen LogP contribution in [0.5, 0.6) is 0 Å². The maximum absolute atomic E-state index is 13.2. The summed E-state index contributed by atoms with van der Waals surface area (Å²) in [6.07, 6.45) is -4.63. The van der Waals surface area contributed by atoms with Crippen LogP contribution in [0.25, 0.3) is 0 Å². The van der Waals surface area contributed by atoms with Crippen molar-refractivity contribution in [2.45, 2.75) is 25.9 Å². The monoisotopic (exact) mass is 445 g/mol. The number of carbonyl (C=O) groups is 1. The maximum Gasteiger partial charge on any atom is 0.416 e. The molecule has 0 aromatic heterocycles. The number of hydrogen-bond donors (Lipinski definition) is 2. The number of dihydropyridines is 1. The molecule has 0 saturated carbocycles. The molecule has 30 heavy (non-hydrogen) atoms. The smallest absolute Gasteiger partial charge is 0.416 e. The molecule has 1 atom stereocenters. The van der Waals surface area contributed by atoms with Crippen LogP contribution < -0.4 is 11.1 Å². The molecule has 1 aliphatic heterocycles. The van der Waals surface area contributed by atoms with Gasteiger partial charge in [-0.15, -0.1) is 0 Å². The number of carbonyl (C=O) groups excluding carboxylic acids is 1. The number of nitro groups is 1. The van der Waals surface area contributed by atoms with Crippen LogP contribution in [-0.2, 0) is 15.7 Å². The van der Waals surface area contributed by atoms with Gasteiger partial charge in [0.05, 0.1) is 28.4 Å². The Morgan fingerprint density at radius 3 is 2.67 bits per heavy atom. The Hall–Kier alpha value is -2.53. The van der Waals surface area contributed by atoms with Crippen LogP contribution in [0.1, 0.15) is 30.9 Å². The lowest BCUT2D eigenvalue weighted by molar-refractivity contribution is -0.431. The molecule has 0 amide bonds. The van der Waals surface area contributed by atoms with E-state index in [0.717, 1.165) is 12.1 Å². The van der Waals surface area contributed by atoms with E-state index < -0.39 is 34.2 Å². The van der Waals surface area contributed by atoms with Crippen molar-refractivity contribution in [3.05, 3.63) is 68.2 Å². The van der Waals surface area contributed by atoms with Crippen LogP contribution in [0, 0.1) is 10.1 Å². The minimum absolute atomic E-state index is 0.0113. The number of nitrogens with two attached hydrogens (primary N) is 1. The summed E-state index contributed by atoms with van der Waals surface area (Å²) in [5.41, 5.74) is 4.57. The molecule has 3 N–H and O–H groups in total. The average Bonchev–Trinajstić information content (AvgIpc) is 2.67. The number of nitrogens with one attached hydrogen (secondary N) is 1. The Labute approximate surface area is 175 Å². The van der Waals surface area contributed by atoms with E-state index in [-0.39, 0.29) is 29.2 Å². The van der Waals surface area contributed by atoms with Gasteiger partial charge in [-0.1, -0.05) is 18.2 Å². The number of alkyl halides is 3. The zero-order valence-corrected chi connectivity index (χ0v) is 17.2. The predicted molar refractivity (Wildman–Crippen MR) is 107 cm³/mol. The molecular weight excluding hydrogens is 423 g/mol. The van der Waals surface area contributed by atoms with Crippen molar-refractivity contribution in [2.75, 3.05) is 24.7 Å². The first-order valence-corrected chi connectivity index (χ1v) is 10.2. The summed E-state index contributed by atoms with van der Waals surface area (Å²) >= 11 is 1.39. The highest BCUT2D eigenvalue weighted by atomic mass is 32.2. The number of allylic oxidation sites excluding steroid dienone is 2. The zero-order chi connectivity index (χ0) is 22.5. The van der Waals surface area contributed by atoms with E-state index in [1.807, 2.05) is 0 Å². The molecule has 1 aromatic carbocycles. The fraction of sp³-hybridized carbons (Fsp3) is 0.421. The van der Waals surface area contributed by atoms with E-state index in [2.05, 4.69) is 5.32 Å². The molecule has 0 bridgehead atoms. The van der Waals surface area contributed by atoms with Gasteiger partial charge in [0.25, 0.3) is 5.70 Å². The highest BCUT2D eigenvalue weighted by Crippen LogP contribution is 2.41. The minimum atomic E-state index is -4.63. The number of nitrogens with zero attached hydrogens (tertiary/aromatic N) is 1. The molecule has 0 saturated heterocycles. The fourth-order valence-corrected chi connectivity index (χ4v) is 3.91. The molecular formula is C19H22F3N3O4S. The van der Waals surface area contributed by atoms with Crippen molar-refractivity contribution in [2.24, 2.45) is 5.73 Å². The van der Waals surface area contributed by atoms with E-state index in [9.17, 15) is 28.1 Å². The van der Waals surface area contributed by atoms with Crippen molar-refractivity contribution in [3.8, 4) is 0 Å². The Kier molecular flexibility index (Phi) is 7.90. The molecule has 1 heterocycles. The molecule has 0 fully saturated rings. The number of halogens is 3. The van der Waals surface area contributed by atoms with Gasteiger partial charge in [-0.25, -0.2) is 4.79 Å². The second-order valence-electron chi connectivity index (χ2n) is 6.40.